The average molecular weight is 491 g/mol. The summed E-state index contributed by atoms with van der Waals surface area (Å²) in [5, 5.41) is 1.67. The van der Waals surface area contributed by atoms with Crippen molar-refractivity contribution >= 4 is 29.9 Å². The van der Waals surface area contributed by atoms with Gasteiger partial charge in [0.25, 0.3) is 0 Å². The van der Waals surface area contributed by atoms with E-state index in [9.17, 15) is 25.9 Å². The molecule has 2 rings (SSSR count). The van der Waals surface area contributed by atoms with E-state index in [2.05, 4.69) is 21.2 Å². The molecule has 0 amide bonds. The molecule has 0 aromatic carbocycles. The van der Waals surface area contributed by atoms with Crippen molar-refractivity contribution in [1.82, 2.24) is 5.32 Å². The van der Waals surface area contributed by atoms with Gasteiger partial charge in [0.15, 0.2) is 0 Å². The first kappa shape index (κ1) is 33.0. The van der Waals surface area contributed by atoms with Gasteiger partial charge in [0, 0.05) is 12.1 Å². The van der Waals surface area contributed by atoms with Crippen LogP contribution in [0.25, 0.3) is 0 Å². The summed E-state index contributed by atoms with van der Waals surface area (Å²) in [4.78, 5) is 0. The molecule has 0 aliphatic heterocycles. The van der Waals surface area contributed by atoms with Crippen LogP contribution in [0.4, 0.5) is 25.9 Å². The molecule has 0 aromatic rings. The van der Waals surface area contributed by atoms with Gasteiger partial charge in [-0.3, -0.25) is 0 Å². The van der Waals surface area contributed by atoms with E-state index in [1.54, 1.807) is 0 Å². The Morgan fingerprint density at radius 2 is 1.16 bits per heavy atom. The van der Waals surface area contributed by atoms with E-state index < -0.39 is 25.6 Å². The molecule has 2 saturated carbocycles. The number of rotatable bonds is 4. The zero-order chi connectivity index (χ0) is 17.9. The molecule has 0 heterocycles. The molecule has 25 heavy (non-hydrogen) atoms. The van der Waals surface area contributed by atoms with Crippen LogP contribution in [0.15, 0.2) is 0 Å². The van der Waals surface area contributed by atoms with E-state index in [0.29, 0.717) is 6.04 Å². The van der Waals surface area contributed by atoms with Crippen molar-refractivity contribution in [3.8, 4) is 0 Å². The predicted molar refractivity (Wildman–Crippen MR) is 88.7 cm³/mol. The average Bonchev–Trinajstić information content (AvgIpc) is 3.09. The van der Waals surface area contributed by atoms with Gasteiger partial charge in [-0.15, -0.1) is 15.9 Å². The second-order valence-corrected chi connectivity index (χ2v) is 6.66. The Labute approximate surface area is 240 Å². The SMILES string of the molecule is F[B-](F)(F)CBr.F[B-](F)(F)CNC1CCCC1.NC1CCCC1.[K+].[K+]. The molecule has 2 aliphatic carbocycles. The third-order valence-electron chi connectivity index (χ3n) is 3.57. The maximum absolute atomic E-state index is 11.7. The molecule has 13 heteroatoms. The molecule has 2 nitrogen and oxygen atoms in total. The fourth-order valence-corrected chi connectivity index (χ4v) is 2.39. The van der Waals surface area contributed by atoms with E-state index in [-0.39, 0.29) is 109 Å². The molecular formula is C12H25B2BrF6K2N2. The topological polar surface area (TPSA) is 38.0 Å². The summed E-state index contributed by atoms with van der Waals surface area (Å²) in [7, 11) is 0. The molecule has 0 spiro atoms. The quantitative estimate of drug-likeness (QED) is 0.288. The van der Waals surface area contributed by atoms with Crippen LogP contribution in [0.2, 0.25) is 0 Å². The van der Waals surface area contributed by atoms with Crippen LogP contribution >= 0.6 is 15.9 Å². The largest absolute Gasteiger partial charge is 1.00 e. The minimum Gasteiger partial charge on any atom is -0.448 e. The molecule has 2 fully saturated rings. The first-order chi connectivity index (χ1) is 10.5. The minimum absolute atomic E-state index is 0. The molecule has 0 atom stereocenters. The molecule has 2 aliphatic rings. The Bertz CT molecular complexity index is 302. The summed E-state index contributed by atoms with van der Waals surface area (Å²) < 4.78 is 67.5. The van der Waals surface area contributed by atoms with Gasteiger partial charge < -0.3 is 36.9 Å². The van der Waals surface area contributed by atoms with E-state index in [0.717, 1.165) is 25.7 Å². The van der Waals surface area contributed by atoms with Gasteiger partial charge in [-0.25, -0.2) is 0 Å². The second-order valence-electron chi connectivity index (χ2n) is 6.01. The van der Waals surface area contributed by atoms with Gasteiger partial charge in [0.05, 0.1) is 0 Å². The Morgan fingerprint density at radius 1 is 0.800 bits per heavy atom. The number of hydrogen-bond donors (Lipinski definition) is 2. The second kappa shape index (κ2) is 18.2. The van der Waals surface area contributed by atoms with Gasteiger partial charge >= 0.3 is 117 Å². The van der Waals surface area contributed by atoms with E-state index in [4.69, 9.17) is 5.73 Å². The first-order valence-corrected chi connectivity index (χ1v) is 9.12. The van der Waals surface area contributed by atoms with Crippen molar-refractivity contribution in [3.05, 3.63) is 0 Å². The number of nitrogens with one attached hydrogen (secondary N) is 1. The number of hydrogen-bond acceptors (Lipinski definition) is 2. The molecule has 0 radical (unpaired) electrons. The van der Waals surface area contributed by atoms with Crippen LogP contribution in [-0.4, -0.2) is 37.7 Å². The van der Waals surface area contributed by atoms with Crippen LogP contribution in [0.1, 0.15) is 51.4 Å². The van der Waals surface area contributed by atoms with Gasteiger partial charge in [0.1, 0.15) is 0 Å². The molecule has 3 N–H and O–H groups in total. The first-order valence-electron chi connectivity index (χ1n) is 8.00. The van der Waals surface area contributed by atoms with Crippen molar-refractivity contribution < 1.29 is 129 Å². The Morgan fingerprint density at radius 3 is 1.40 bits per heavy atom. The maximum Gasteiger partial charge on any atom is 1.00 e. The molecule has 0 saturated heterocycles. The summed E-state index contributed by atoms with van der Waals surface area (Å²) in [5.74, 6) is 0. The van der Waals surface area contributed by atoms with Crippen LogP contribution in [0, 0.1) is 0 Å². The summed E-state index contributed by atoms with van der Waals surface area (Å²) in [5.41, 5.74) is 5.53. The fraction of sp³-hybridized carbons (Fsp3) is 1.00. The van der Waals surface area contributed by atoms with Crippen LogP contribution in [-0.2, 0) is 0 Å². The standard InChI is InChI=1S/C6H12BF3N.C5H11N.CH2BBrF3.2K/c8-7(9,10)5-11-6-3-1-2-4-6;6-5-3-1-2-4-5;3-1-2(4,5)6;;/h6,11H,1-5H2;5H,1-4,6H2;1H2;;/q-1;;-1;2*+1. The molecule has 0 aromatic heterocycles. The zero-order valence-corrected chi connectivity index (χ0v) is 22.9. The molecule has 0 bridgehead atoms. The molecule has 140 valence electrons. The van der Waals surface area contributed by atoms with E-state index in [1.807, 2.05) is 0 Å². The Kier molecular flexibility index (Phi) is 24.0. The third-order valence-corrected chi connectivity index (χ3v) is 4.30. The maximum atomic E-state index is 11.7. The van der Waals surface area contributed by atoms with Gasteiger partial charge in [-0.1, -0.05) is 25.7 Å². The number of halogens is 7. The van der Waals surface area contributed by atoms with Gasteiger partial charge in [-0.05, 0) is 37.4 Å². The number of alkyl halides is 1. The van der Waals surface area contributed by atoms with Crippen LogP contribution in [0.3, 0.4) is 0 Å². The third kappa shape index (κ3) is 25.3. The molecular weight excluding hydrogens is 466 g/mol. The fourth-order valence-electron chi connectivity index (χ4n) is 2.39. The van der Waals surface area contributed by atoms with Crippen molar-refractivity contribution in [3.63, 3.8) is 0 Å². The van der Waals surface area contributed by atoms with Crippen molar-refractivity contribution in [1.29, 1.82) is 0 Å². The van der Waals surface area contributed by atoms with Crippen molar-refractivity contribution in [2.45, 2.75) is 63.5 Å². The minimum atomic E-state index is -4.63. The van der Waals surface area contributed by atoms with Crippen LogP contribution < -0.4 is 114 Å². The predicted octanol–water partition coefficient (Wildman–Crippen LogP) is -1.43. The van der Waals surface area contributed by atoms with E-state index in [1.165, 1.54) is 25.7 Å². The monoisotopic (exact) mass is 490 g/mol. The normalized spacial score (nSPS) is 18.2. The van der Waals surface area contributed by atoms with Crippen molar-refractivity contribution in [2.24, 2.45) is 5.73 Å². The van der Waals surface area contributed by atoms with E-state index >= 15 is 0 Å². The molecule has 0 unspecified atom stereocenters. The van der Waals surface area contributed by atoms with Crippen LogP contribution in [0.5, 0.6) is 0 Å². The number of nitrogens with two attached hydrogens (primary N) is 1. The summed E-state index contributed by atoms with van der Waals surface area (Å²) in [6.45, 7) is -9.20. The van der Waals surface area contributed by atoms with Gasteiger partial charge in [0.2, 0.25) is 0 Å². The van der Waals surface area contributed by atoms with Gasteiger partial charge in [-0.2, -0.15) is 0 Å². The Hall–Kier alpha value is 3.38. The smallest absolute Gasteiger partial charge is 0.448 e. The summed E-state index contributed by atoms with van der Waals surface area (Å²) in [6.07, 6.45) is 8.44. The zero-order valence-electron chi connectivity index (χ0n) is 15.1. The Balaban J connectivity index is -0.000000300. The summed E-state index contributed by atoms with van der Waals surface area (Å²) in [6, 6.07) is 0.670. The summed E-state index contributed by atoms with van der Waals surface area (Å²) >= 11 is 2.27. The van der Waals surface area contributed by atoms with Crippen molar-refractivity contribution in [2.75, 3.05) is 11.7 Å².